The van der Waals surface area contributed by atoms with E-state index in [-0.39, 0.29) is 11.5 Å². The van der Waals surface area contributed by atoms with Crippen LogP contribution in [-0.2, 0) is 0 Å². The lowest BCUT2D eigenvalue weighted by molar-refractivity contribution is 0.101. The summed E-state index contributed by atoms with van der Waals surface area (Å²) in [5.41, 5.74) is 1.98. The van der Waals surface area contributed by atoms with Gasteiger partial charge in [-0.15, -0.1) is 0 Å². The first kappa shape index (κ1) is 19.8. The predicted molar refractivity (Wildman–Crippen MR) is 109 cm³/mol. The van der Waals surface area contributed by atoms with E-state index in [9.17, 15) is 9.59 Å². The molecule has 0 bridgehead atoms. The van der Waals surface area contributed by atoms with Crippen molar-refractivity contribution in [1.29, 1.82) is 0 Å². The maximum atomic E-state index is 12.6. The van der Waals surface area contributed by atoms with E-state index < -0.39 is 5.91 Å². The smallest absolute Gasteiger partial charge is 0.274 e. The molecule has 0 fully saturated rings. The molecule has 148 valence electrons. The molecular weight excluding hydrogens is 372 g/mol. The molecule has 2 aromatic carbocycles. The van der Waals surface area contributed by atoms with Crippen LogP contribution in [0.2, 0.25) is 0 Å². The van der Waals surface area contributed by atoms with Crippen molar-refractivity contribution in [3.8, 4) is 11.5 Å². The highest BCUT2D eigenvalue weighted by Gasteiger charge is 2.13. The standard InChI is InChI=1S/C21H20N4O4/c1-13(26)14-4-6-15(7-5-14)24-20-11-18(22-12-23-20)21(27)25-17-10-16(28-2)8-9-19(17)29-3/h4-12H,1-3H3,(H,25,27)(H,22,23,24). The van der Waals surface area contributed by atoms with Crippen LogP contribution in [0.15, 0.2) is 54.9 Å². The topological polar surface area (TPSA) is 102 Å². The molecule has 1 aromatic heterocycles. The second-order valence-electron chi connectivity index (χ2n) is 6.07. The Morgan fingerprint density at radius 1 is 0.931 bits per heavy atom. The van der Waals surface area contributed by atoms with Crippen LogP contribution in [-0.4, -0.2) is 35.9 Å². The second-order valence-corrected chi connectivity index (χ2v) is 6.07. The Labute approximate surface area is 167 Å². The zero-order valence-electron chi connectivity index (χ0n) is 16.2. The number of benzene rings is 2. The summed E-state index contributed by atoms with van der Waals surface area (Å²) >= 11 is 0. The molecule has 0 aliphatic heterocycles. The van der Waals surface area contributed by atoms with E-state index in [0.29, 0.717) is 28.6 Å². The number of nitrogens with zero attached hydrogens (tertiary/aromatic N) is 2. The summed E-state index contributed by atoms with van der Waals surface area (Å²) in [5, 5.41) is 5.85. The van der Waals surface area contributed by atoms with Gasteiger partial charge >= 0.3 is 0 Å². The Hall–Kier alpha value is -3.94. The number of aromatic nitrogens is 2. The summed E-state index contributed by atoms with van der Waals surface area (Å²) in [6.07, 6.45) is 1.30. The van der Waals surface area contributed by atoms with Crippen LogP contribution in [0.1, 0.15) is 27.8 Å². The van der Waals surface area contributed by atoms with Crippen molar-refractivity contribution in [3.05, 3.63) is 66.1 Å². The third-order valence-electron chi connectivity index (χ3n) is 4.12. The van der Waals surface area contributed by atoms with Crippen LogP contribution in [0, 0.1) is 0 Å². The van der Waals surface area contributed by atoms with Gasteiger partial charge in [0.25, 0.3) is 5.91 Å². The van der Waals surface area contributed by atoms with Crippen LogP contribution in [0.3, 0.4) is 0 Å². The van der Waals surface area contributed by atoms with Gasteiger partial charge in [-0.05, 0) is 43.3 Å². The molecule has 0 saturated carbocycles. The highest BCUT2D eigenvalue weighted by atomic mass is 16.5. The minimum absolute atomic E-state index is 0.00878. The van der Waals surface area contributed by atoms with Gasteiger partial charge in [0.05, 0.1) is 19.9 Å². The molecular formula is C21H20N4O4. The number of anilines is 3. The minimum Gasteiger partial charge on any atom is -0.497 e. The Bertz CT molecular complexity index is 1040. The van der Waals surface area contributed by atoms with E-state index >= 15 is 0 Å². The fourth-order valence-corrected chi connectivity index (χ4v) is 2.58. The lowest BCUT2D eigenvalue weighted by Gasteiger charge is -2.12. The van der Waals surface area contributed by atoms with Gasteiger partial charge in [0.15, 0.2) is 5.78 Å². The fraction of sp³-hybridized carbons (Fsp3) is 0.143. The number of hydrogen-bond donors (Lipinski definition) is 2. The second kappa shape index (κ2) is 8.83. The van der Waals surface area contributed by atoms with Crippen molar-refractivity contribution in [2.45, 2.75) is 6.92 Å². The van der Waals surface area contributed by atoms with Crippen LogP contribution in [0.4, 0.5) is 17.2 Å². The third kappa shape index (κ3) is 4.86. The van der Waals surface area contributed by atoms with E-state index in [0.717, 1.165) is 5.69 Å². The maximum Gasteiger partial charge on any atom is 0.274 e. The molecule has 3 rings (SSSR count). The van der Waals surface area contributed by atoms with Gasteiger partial charge in [-0.1, -0.05) is 0 Å². The van der Waals surface area contributed by atoms with Crippen molar-refractivity contribution in [3.63, 3.8) is 0 Å². The van der Waals surface area contributed by atoms with Gasteiger partial charge < -0.3 is 20.1 Å². The van der Waals surface area contributed by atoms with Gasteiger partial charge in [0.2, 0.25) is 0 Å². The van der Waals surface area contributed by atoms with Crippen molar-refractivity contribution < 1.29 is 19.1 Å². The third-order valence-corrected chi connectivity index (χ3v) is 4.12. The number of rotatable bonds is 7. The number of carbonyl (C=O) groups is 2. The monoisotopic (exact) mass is 392 g/mol. The van der Waals surface area contributed by atoms with Gasteiger partial charge in [-0.25, -0.2) is 9.97 Å². The number of ketones is 1. The van der Waals surface area contributed by atoms with Crippen LogP contribution in [0.25, 0.3) is 0 Å². The maximum absolute atomic E-state index is 12.6. The van der Waals surface area contributed by atoms with E-state index in [1.165, 1.54) is 26.4 Å². The van der Waals surface area contributed by atoms with Gasteiger partial charge in [-0.2, -0.15) is 0 Å². The number of ether oxygens (including phenoxy) is 2. The fourth-order valence-electron chi connectivity index (χ4n) is 2.58. The quantitative estimate of drug-likeness (QED) is 0.591. The zero-order chi connectivity index (χ0) is 20.8. The summed E-state index contributed by atoms with van der Waals surface area (Å²) < 4.78 is 10.5. The summed E-state index contributed by atoms with van der Waals surface area (Å²) in [6.45, 7) is 1.51. The molecule has 0 aliphatic carbocycles. The molecule has 0 atom stereocenters. The Morgan fingerprint density at radius 3 is 2.34 bits per heavy atom. The summed E-state index contributed by atoms with van der Waals surface area (Å²) in [7, 11) is 3.06. The van der Waals surface area contributed by atoms with Crippen LogP contribution in [0.5, 0.6) is 11.5 Å². The predicted octanol–water partition coefficient (Wildman–Crippen LogP) is 3.69. The van der Waals surface area contributed by atoms with E-state index in [4.69, 9.17) is 9.47 Å². The Balaban J connectivity index is 1.77. The summed E-state index contributed by atoms with van der Waals surface area (Å²) in [6, 6.07) is 13.6. The molecule has 1 amide bonds. The van der Waals surface area contributed by atoms with E-state index in [2.05, 4.69) is 20.6 Å². The number of hydrogen-bond acceptors (Lipinski definition) is 7. The normalized spacial score (nSPS) is 10.2. The number of carbonyl (C=O) groups excluding carboxylic acids is 2. The van der Waals surface area contributed by atoms with Crippen molar-refractivity contribution >= 4 is 28.9 Å². The molecule has 0 unspecified atom stereocenters. The van der Waals surface area contributed by atoms with Gasteiger partial charge in [-0.3, -0.25) is 9.59 Å². The minimum atomic E-state index is -0.422. The first-order chi connectivity index (χ1) is 14.0. The average Bonchev–Trinajstić information content (AvgIpc) is 2.74. The largest absolute Gasteiger partial charge is 0.497 e. The van der Waals surface area contributed by atoms with Crippen LogP contribution >= 0.6 is 0 Å². The lowest BCUT2D eigenvalue weighted by atomic mass is 10.1. The van der Waals surface area contributed by atoms with Crippen molar-refractivity contribution in [2.75, 3.05) is 24.9 Å². The molecule has 3 aromatic rings. The Kier molecular flexibility index (Phi) is 6.03. The first-order valence-corrected chi connectivity index (χ1v) is 8.73. The molecule has 0 saturated heterocycles. The molecule has 8 heteroatoms. The van der Waals surface area contributed by atoms with E-state index in [1.807, 2.05) is 0 Å². The van der Waals surface area contributed by atoms with Gasteiger partial charge in [0, 0.05) is 23.4 Å². The number of methoxy groups -OCH3 is 2. The molecule has 0 radical (unpaired) electrons. The average molecular weight is 392 g/mol. The molecule has 8 nitrogen and oxygen atoms in total. The highest BCUT2D eigenvalue weighted by molar-refractivity contribution is 6.04. The molecule has 2 N–H and O–H groups in total. The zero-order valence-corrected chi connectivity index (χ0v) is 16.2. The van der Waals surface area contributed by atoms with Gasteiger partial charge in [0.1, 0.15) is 29.3 Å². The van der Waals surface area contributed by atoms with E-state index in [1.54, 1.807) is 49.6 Å². The SMILES string of the molecule is COc1ccc(OC)c(NC(=O)c2cc(Nc3ccc(C(C)=O)cc3)ncn2)c1. The van der Waals surface area contributed by atoms with Crippen LogP contribution < -0.4 is 20.1 Å². The Morgan fingerprint density at radius 2 is 1.69 bits per heavy atom. The number of nitrogens with one attached hydrogen (secondary N) is 2. The molecule has 0 aliphatic rings. The molecule has 29 heavy (non-hydrogen) atoms. The highest BCUT2D eigenvalue weighted by Crippen LogP contribution is 2.29. The summed E-state index contributed by atoms with van der Waals surface area (Å²) in [4.78, 5) is 32.2. The van der Waals surface area contributed by atoms with Crippen molar-refractivity contribution in [2.24, 2.45) is 0 Å². The lowest BCUT2D eigenvalue weighted by Crippen LogP contribution is -2.15. The number of amides is 1. The molecule has 0 spiro atoms. The summed E-state index contributed by atoms with van der Waals surface area (Å²) in [5.74, 6) is 1.09. The first-order valence-electron chi connectivity index (χ1n) is 8.73. The number of Topliss-reactive ketones (excluding diaryl/α,β-unsaturated/α-hetero) is 1. The molecule has 1 heterocycles. The van der Waals surface area contributed by atoms with Crippen molar-refractivity contribution in [1.82, 2.24) is 9.97 Å².